The summed E-state index contributed by atoms with van der Waals surface area (Å²) in [5.74, 6) is -0.140. The molecule has 0 aliphatic heterocycles. The first-order valence-corrected chi connectivity index (χ1v) is 15.6. The fourth-order valence-corrected chi connectivity index (χ4v) is 4.11. The minimum absolute atomic E-state index is 0.140. The van der Waals surface area contributed by atoms with E-state index < -0.39 is 6.09 Å². The van der Waals surface area contributed by atoms with Crippen LogP contribution in [0.3, 0.4) is 0 Å². The molecule has 0 fully saturated rings. The Hall–Kier alpha value is -2.16. The minimum atomic E-state index is -0.467. The Labute approximate surface area is 242 Å². The van der Waals surface area contributed by atoms with Gasteiger partial charge in [-0.3, -0.25) is 4.79 Å². The van der Waals surface area contributed by atoms with E-state index in [1.165, 1.54) is 70.6 Å². The number of carbonyl (C=O) groups is 2. The molecule has 1 rings (SSSR count). The summed E-state index contributed by atoms with van der Waals surface area (Å²) in [5, 5.41) is 2.64. The lowest BCUT2D eigenvalue weighted by atomic mass is 10.0. The first-order chi connectivity index (χ1) is 19.7. The number of ether oxygens (including phenoxy) is 5. The molecule has 0 saturated heterocycles. The zero-order valence-electron chi connectivity index (χ0n) is 25.0. The van der Waals surface area contributed by atoms with Crippen LogP contribution < -0.4 is 5.32 Å². The maximum atomic E-state index is 11.8. The van der Waals surface area contributed by atoms with Crippen molar-refractivity contribution in [2.24, 2.45) is 0 Å². The van der Waals surface area contributed by atoms with Crippen molar-refractivity contribution >= 4 is 12.1 Å². The van der Waals surface area contributed by atoms with Gasteiger partial charge in [-0.1, -0.05) is 114 Å². The van der Waals surface area contributed by atoms with Gasteiger partial charge in [0, 0.05) is 13.0 Å². The van der Waals surface area contributed by atoms with Crippen molar-refractivity contribution < 1.29 is 33.3 Å². The van der Waals surface area contributed by atoms with E-state index in [4.69, 9.17) is 23.7 Å². The summed E-state index contributed by atoms with van der Waals surface area (Å²) in [7, 11) is 0. The van der Waals surface area contributed by atoms with Crippen molar-refractivity contribution in [3.63, 3.8) is 0 Å². The predicted molar refractivity (Wildman–Crippen MR) is 158 cm³/mol. The van der Waals surface area contributed by atoms with E-state index >= 15 is 0 Å². The number of carbonyl (C=O) groups excluding carboxylic acids is 2. The van der Waals surface area contributed by atoms with Crippen molar-refractivity contribution in [2.75, 3.05) is 52.8 Å². The highest BCUT2D eigenvalue weighted by atomic mass is 16.6. The van der Waals surface area contributed by atoms with Gasteiger partial charge < -0.3 is 29.0 Å². The fourth-order valence-electron chi connectivity index (χ4n) is 4.11. The second kappa shape index (κ2) is 28.4. The maximum Gasteiger partial charge on any atom is 0.407 e. The molecule has 0 aliphatic rings. The average Bonchev–Trinajstić information content (AvgIpc) is 2.97. The highest BCUT2D eigenvalue weighted by Gasteiger charge is 2.03. The van der Waals surface area contributed by atoms with Crippen LogP contribution in [0.4, 0.5) is 4.79 Å². The van der Waals surface area contributed by atoms with Crippen LogP contribution in [0.5, 0.6) is 0 Å². The normalized spacial score (nSPS) is 10.9. The molecule has 0 bridgehead atoms. The number of amides is 1. The van der Waals surface area contributed by atoms with Crippen molar-refractivity contribution in [1.82, 2.24) is 5.32 Å². The molecule has 1 N–H and O–H groups in total. The molecule has 1 aromatic rings. The van der Waals surface area contributed by atoms with Crippen LogP contribution in [0.25, 0.3) is 0 Å². The number of hydrogen-bond donors (Lipinski definition) is 1. The Balaban J connectivity index is 1.72. The topological polar surface area (TPSA) is 92.3 Å². The van der Waals surface area contributed by atoms with Gasteiger partial charge in [0.2, 0.25) is 0 Å². The Kier molecular flexibility index (Phi) is 25.4. The van der Waals surface area contributed by atoms with E-state index in [1.807, 2.05) is 30.3 Å². The molecule has 230 valence electrons. The lowest BCUT2D eigenvalue weighted by Crippen LogP contribution is -2.28. The molecule has 0 aliphatic carbocycles. The smallest absolute Gasteiger partial charge is 0.407 e. The predicted octanol–water partition coefficient (Wildman–Crippen LogP) is 6.99. The zero-order valence-corrected chi connectivity index (χ0v) is 25.0. The van der Waals surface area contributed by atoms with Crippen molar-refractivity contribution in [2.45, 2.75) is 103 Å². The first kappa shape index (κ1) is 35.9. The molecule has 0 aromatic heterocycles. The Bertz CT molecular complexity index is 702. The minimum Gasteiger partial charge on any atom is -0.463 e. The van der Waals surface area contributed by atoms with Gasteiger partial charge in [-0.05, 0) is 12.0 Å². The molecule has 1 amide bonds. The van der Waals surface area contributed by atoms with Gasteiger partial charge in [-0.15, -0.1) is 0 Å². The Morgan fingerprint density at radius 2 is 1.10 bits per heavy atom. The molecular formula is C32H55NO7. The van der Waals surface area contributed by atoms with Crippen molar-refractivity contribution in [3.8, 4) is 0 Å². The number of unbranched alkanes of at least 4 members (excludes halogenated alkanes) is 12. The standard InChI is InChI=1S/C32H55NO7/c1-2-3-4-5-6-7-8-9-10-11-12-13-17-20-31(34)39-28-27-38-26-25-37-24-23-36-22-21-33-32(35)40-29-30-18-15-14-16-19-30/h14-16,18-19H,2-13,17,20-29H2,1H3,(H,33,35). The summed E-state index contributed by atoms with van der Waals surface area (Å²) < 4.78 is 26.6. The van der Waals surface area contributed by atoms with E-state index in [0.29, 0.717) is 52.6 Å². The van der Waals surface area contributed by atoms with Crippen LogP contribution in [0.2, 0.25) is 0 Å². The summed E-state index contributed by atoms with van der Waals surface area (Å²) in [6.07, 6.45) is 16.8. The summed E-state index contributed by atoms with van der Waals surface area (Å²) in [5.41, 5.74) is 0.941. The van der Waals surface area contributed by atoms with Crippen LogP contribution in [0.1, 0.15) is 102 Å². The van der Waals surface area contributed by atoms with Gasteiger partial charge in [0.15, 0.2) is 0 Å². The van der Waals surface area contributed by atoms with Crippen LogP contribution in [0, 0.1) is 0 Å². The molecule has 0 spiro atoms. The van der Waals surface area contributed by atoms with Gasteiger partial charge in [-0.25, -0.2) is 4.79 Å². The summed E-state index contributed by atoms with van der Waals surface area (Å²) in [4.78, 5) is 23.4. The largest absolute Gasteiger partial charge is 0.463 e. The van der Waals surface area contributed by atoms with Crippen LogP contribution in [-0.2, 0) is 35.1 Å². The maximum absolute atomic E-state index is 11.8. The Morgan fingerprint density at radius 1 is 0.600 bits per heavy atom. The number of hydrogen-bond acceptors (Lipinski definition) is 7. The summed E-state index contributed by atoms with van der Waals surface area (Å²) in [6, 6.07) is 9.52. The third-order valence-corrected chi connectivity index (χ3v) is 6.45. The van der Waals surface area contributed by atoms with Crippen LogP contribution >= 0.6 is 0 Å². The third-order valence-electron chi connectivity index (χ3n) is 6.45. The van der Waals surface area contributed by atoms with E-state index in [1.54, 1.807) is 0 Å². The average molecular weight is 566 g/mol. The fraction of sp³-hybridized carbons (Fsp3) is 0.750. The molecule has 8 heteroatoms. The van der Waals surface area contributed by atoms with Crippen LogP contribution in [-0.4, -0.2) is 64.9 Å². The lowest BCUT2D eigenvalue weighted by Gasteiger charge is -2.09. The second-order valence-corrected chi connectivity index (χ2v) is 10.0. The monoisotopic (exact) mass is 565 g/mol. The van der Waals surface area contributed by atoms with Crippen molar-refractivity contribution in [1.29, 1.82) is 0 Å². The molecule has 0 saturated carbocycles. The molecule has 0 atom stereocenters. The number of alkyl carbamates (subject to hydrolysis) is 1. The number of nitrogens with one attached hydrogen (secondary N) is 1. The van der Waals surface area contributed by atoms with E-state index in [2.05, 4.69) is 12.2 Å². The molecule has 0 radical (unpaired) electrons. The van der Waals surface area contributed by atoms with Gasteiger partial charge >= 0.3 is 12.1 Å². The van der Waals surface area contributed by atoms with E-state index in [0.717, 1.165) is 18.4 Å². The summed E-state index contributed by atoms with van der Waals surface area (Å²) in [6.45, 7) is 5.65. The first-order valence-electron chi connectivity index (χ1n) is 15.6. The van der Waals surface area contributed by atoms with E-state index in [9.17, 15) is 9.59 Å². The third kappa shape index (κ3) is 24.9. The van der Waals surface area contributed by atoms with Gasteiger partial charge in [0.1, 0.15) is 13.2 Å². The van der Waals surface area contributed by atoms with Crippen LogP contribution in [0.15, 0.2) is 30.3 Å². The van der Waals surface area contributed by atoms with Gasteiger partial charge in [0.05, 0.1) is 39.6 Å². The highest BCUT2D eigenvalue weighted by Crippen LogP contribution is 2.13. The van der Waals surface area contributed by atoms with E-state index in [-0.39, 0.29) is 19.2 Å². The number of rotatable bonds is 28. The molecule has 40 heavy (non-hydrogen) atoms. The van der Waals surface area contributed by atoms with Crippen molar-refractivity contribution in [3.05, 3.63) is 35.9 Å². The SMILES string of the molecule is CCCCCCCCCCCCCCCC(=O)OCCOCCOCCOCCNC(=O)OCc1ccccc1. The lowest BCUT2D eigenvalue weighted by molar-refractivity contribution is -0.145. The Morgan fingerprint density at radius 3 is 1.68 bits per heavy atom. The van der Waals surface area contributed by atoms with Gasteiger partial charge in [-0.2, -0.15) is 0 Å². The highest BCUT2D eigenvalue weighted by molar-refractivity contribution is 5.69. The quantitative estimate of drug-likeness (QED) is 0.0865. The molecule has 0 unspecified atom stereocenters. The molecular weight excluding hydrogens is 510 g/mol. The summed E-state index contributed by atoms with van der Waals surface area (Å²) >= 11 is 0. The number of esters is 1. The number of benzene rings is 1. The molecule has 0 heterocycles. The second-order valence-electron chi connectivity index (χ2n) is 10.0. The zero-order chi connectivity index (χ0) is 28.8. The molecule has 1 aromatic carbocycles. The van der Waals surface area contributed by atoms with Gasteiger partial charge in [0.25, 0.3) is 0 Å². The molecule has 8 nitrogen and oxygen atoms in total.